The van der Waals surface area contributed by atoms with E-state index in [4.69, 9.17) is 5.14 Å². The lowest BCUT2D eigenvalue weighted by molar-refractivity contribution is 0.598. The maximum absolute atomic E-state index is 11.3. The van der Waals surface area contributed by atoms with Crippen LogP contribution in [0.15, 0.2) is 47.6 Å². The van der Waals surface area contributed by atoms with Gasteiger partial charge in [-0.2, -0.15) is 0 Å². The van der Waals surface area contributed by atoms with Gasteiger partial charge in [-0.15, -0.1) is 0 Å². The third kappa shape index (κ3) is 1.93. The molecule has 2 aromatic rings. The number of benzene rings is 1. The lowest BCUT2D eigenvalue weighted by atomic mass is 10.1. The van der Waals surface area contributed by atoms with Gasteiger partial charge in [0.15, 0.2) is 0 Å². The molecule has 0 bridgehead atoms. The van der Waals surface area contributed by atoms with Crippen LogP contribution in [0, 0.1) is 0 Å². The molecule has 4 nitrogen and oxygen atoms in total. The minimum absolute atomic E-state index is 0.143. The number of H-pyrrole nitrogens is 1. The van der Waals surface area contributed by atoms with Crippen molar-refractivity contribution in [2.75, 3.05) is 0 Å². The van der Waals surface area contributed by atoms with Crippen molar-refractivity contribution in [3.63, 3.8) is 0 Å². The van der Waals surface area contributed by atoms with E-state index in [0.29, 0.717) is 5.56 Å². The van der Waals surface area contributed by atoms with E-state index in [9.17, 15) is 8.42 Å². The SMILES string of the molecule is NS(=O)(=O)c1ccccc1-c1cc[nH]c1. The molecule has 0 radical (unpaired) electrons. The van der Waals surface area contributed by atoms with Gasteiger partial charge in [0.05, 0.1) is 4.90 Å². The van der Waals surface area contributed by atoms with Crippen molar-refractivity contribution in [3.8, 4) is 11.1 Å². The highest BCUT2D eigenvalue weighted by Crippen LogP contribution is 2.25. The summed E-state index contributed by atoms with van der Waals surface area (Å²) in [6.45, 7) is 0. The van der Waals surface area contributed by atoms with Gasteiger partial charge in [-0.05, 0) is 12.1 Å². The summed E-state index contributed by atoms with van der Waals surface area (Å²) in [7, 11) is -3.67. The van der Waals surface area contributed by atoms with Crippen LogP contribution in [0.2, 0.25) is 0 Å². The summed E-state index contributed by atoms with van der Waals surface area (Å²) in [5.41, 5.74) is 1.42. The Morgan fingerprint density at radius 2 is 1.87 bits per heavy atom. The molecule has 0 aliphatic carbocycles. The number of aromatic amines is 1. The number of rotatable bonds is 2. The molecule has 78 valence electrons. The predicted octanol–water partition coefficient (Wildman–Crippen LogP) is 1.33. The Bertz CT molecular complexity index is 559. The van der Waals surface area contributed by atoms with Crippen molar-refractivity contribution in [2.24, 2.45) is 5.14 Å². The molecule has 0 unspecified atom stereocenters. The van der Waals surface area contributed by atoms with E-state index >= 15 is 0 Å². The number of nitrogens with one attached hydrogen (secondary N) is 1. The van der Waals surface area contributed by atoms with Crippen molar-refractivity contribution >= 4 is 10.0 Å². The maximum atomic E-state index is 11.3. The summed E-state index contributed by atoms with van der Waals surface area (Å²) in [5, 5.41) is 5.13. The fraction of sp³-hybridized carbons (Fsp3) is 0. The highest BCUT2D eigenvalue weighted by atomic mass is 32.2. The summed E-state index contributed by atoms with van der Waals surface area (Å²) in [5.74, 6) is 0. The van der Waals surface area contributed by atoms with E-state index in [2.05, 4.69) is 4.98 Å². The Labute approximate surface area is 87.8 Å². The third-order valence-corrected chi connectivity index (χ3v) is 3.07. The molecule has 1 aromatic carbocycles. The number of hydrogen-bond donors (Lipinski definition) is 2. The average molecular weight is 222 g/mol. The minimum Gasteiger partial charge on any atom is -0.367 e. The van der Waals surface area contributed by atoms with E-state index in [-0.39, 0.29) is 4.90 Å². The Balaban J connectivity index is 2.68. The first kappa shape index (κ1) is 9.95. The molecule has 0 spiro atoms. The third-order valence-electron chi connectivity index (χ3n) is 2.10. The highest BCUT2D eigenvalue weighted by molar-refractivity contribution is 7.89. The van der Waals surface area contributed by atoms with Crippen molar-refractivity contribution in [1.82, 2.24) is 4.98 Å². The molecule has 0 saturated heterocycles. The zero-order valence-electron chi connectivity index (χ0n) is 7.84. The standard InChI is InChI=1S/C10H10N2O2S/c11-15(13,14)10-4-2-1-3-9(10)8-5-6-12-7-8/h1-7,12H,(H2,11,13,14). The lowest BCUT2D eigenvalue weighted by Crippen LogP contribution is -2.13. The summed E-state index contributed by atoms with van der Waals surface area (Å²) in [4.78, 5) is 3.01. The molecule has 0 aliphatic heterocycles. The highest BCUT2D eigenvalue weighted by Gasteiger charge is 2.14. The average Bonchev–Trinajstić information content (AvgIpc) is 2.69. The quantitative estimate of drug-likeness (QED) is 0.804. The number of primary sulfonamides is 1. The normalized spacial score (nSPS) is 11.5. The fourth-order valence-corrected chi connectivity index (χ4v) is 2.21. The number of nitrogens with two attached hydrogens (primary N) is 1. The van der Waals surface area contributed by atoms with Crippen LogP contribution in [0.5, 0.6) is 0 Å². The van der Waals surface area contributed by atoms with Gasteiger partial charge in [0, 0.05) is 23.5 Å². The summed E-state index contributed by atoms with van der Waals surface area (Å²) < 4.78 is 22.6. The van der Waals surface area contributed by atoms with E-state index in [1.165, 1.54) is 6.07 Å². The van der Waals surface area contributed by atoms with Crippen LogP contribution < -0.4 is 5.14 Å². The largest absolute Gasteiger partial charge is 0.367 e. The van der Waals surface area contributed by atoms with Gasteiger partial charge in [-0.1, -0.05) is 18.2 Å². The Morgan fingerprint density at radius 3 is 2.47 bits per heavy atom. The molecule has 2 rings (SSSR count). The van der Waals surface area contributed by atoms with Crippen LogP contribution in [-0.2, 0) is 10.0 Å². The van der Waals surface area contributed by atoms with Crippen LogP contribution in [0.3, 0.4) is 0 Å². The molecule has 1 heterocycles. The zero-order valence-corrected chi connectivity index (χ0v) is 8.66. The predicted molar refractivity (Wildman–Crippen MR) is 57.6 cm³/mol. The second-order valence-corrected chi connectivity index (χ2v) is 4.67. The van der Waals surface area contributed by atoms with Crippen LogP contribution >= 0.6 is 0 Å². The van der Waals surface area contributed by atoms with Gasteiger partial charge in [0.25, 0.3) is 0 Å². The van der Waals surface area contributed by atoms with Gasteiger partial charge in [-0.3, -0.25) is 0 Å². The molecule has 0 saturated carbocycles. The van der Waals surface area contributed by atoms with Gasteiger partial charge in [0.1, 0.15) is 0 Å². The van der Waals surface area contributed by atoms with Crippen LogP contribution in [0.4, 0.5) is 0 Å². The first-order chi connectivity index (χ1) is 7.09. The molecule has 0 fully saturated rings. The second-order valence-electron chi connectivity index (χ2n) is 3.14. The number of aromatic nitrogens is 1. The van der Waals surface area contributed by atoms with Crippen molar-refractivity contribution in [2.45, 2.75) is 4.90 Å². The molecule has 3 N–H and O–H groups in total. The summed E-state index contributed by atoms with van der Waals surface area (Å²) >= 11 is 0. The fourth-order valence-electron chi connectivity index (χ4n) is 1.44. The van der Waals surface area contributed by atoms with Crippen LogP contribution in [0.1, 0.15) is 0 Å². The van der Waals surface area contributed by atoms with Gasteiger partial charge in [0.2, 0.25) is 10.0 Å². The molecular formula is C10H10N2O2S. The van der Waals surface area contributed by atoms with Crippen LogP contribution in [0.25, 0.3) is 11.1 Å². The first-order valence-electron chi connectivity index (χ1n) is 4.34. The topological polar surface area (TPSA) is 76.0 Å². The van der Waals surface area contributed by atoms with E-state index in [1.807, 2.05) is 0 Å². The molecule has 0 amide bonds. The van der Waals surface area contributed by atoms with Crippen molar-refractivity contribution in [3.05, 3.63) is 42.7 Å². The first-order valence-corrected chi connectivity index (χ1v) is 5.88. The molecular weight excluding hydrogens is 212 g/mol. The molecule has 5 heteroatoms. The van der Waals surface area contributed by atoms with Gasteiger partial charge >= 0.3 is 0 Å². The monoisotopic (exact) mass is 222 g/mol. The van der Waals surface area contributed by atoms with Gasteiger partial charge < -0.3 is 4.98 Å². The Kier molecular flexibility index (Phi) is 2.34. The number of hydrogen-bond acceptors (Lipinski definition) is 2. The summed E-state index contributed by atoms with van der Waals surface area (Å²) in [6, 6.07) is 8.44. The van der Waals surface area contributed by atoms with Crippen molar-refractivity contribution < 1.29 is 8.42 Å². The molecule has 1 aromatic heterocycles. The van der Waals surface area contributed by atoms with E-state index < -0.39 is 10.0 Å². The zero-order chi connectivity index (χ0) is 10.9. The number of sulfonamides is 1. The maximum Gasteiger partial charge on any atom is 0.238 e. The van der Waals surface area contributed by atoms with Crippen LogP contribution in [-0.4, -0.2) is 13.4 Å². The lowest BCUT2D eigenvalue weighted by Gasteiger charge is -2.04. The van der Waals surface area contributed by atoms with E-state index in [0.717, 1.165) is 5.56 Å². The molecule has 0 aliphatic rings. The molecule has 15 heavy (non-hydrogen) atoms. The summed E-state index contributed by atoms with van der Waals surface area (Å²) in [6.07, 6.45) is 3.46. The smallest absolute Gasteiger partial charge is 0.238 e. The van der Waals surface area contributed by atoms with Gasteiger partial charge in [-0.25, -0.2) is 13.6 Å². The molecule has 0 atom stereocenters. The Morgan fingerprint density at radius 1 is 1.13 bits per heavy atom. The van der Waals surface area contributed by atoms with E-state index in [1.54, 1.807) is 36.7 Å². The minimum atomic E-state index is -3.67. The Hall–Kier alpha value is -1.59. The second kappa shape index (κ2) is 3.52. The van der Waals surface area contributed by atoms with Crippen molar-refractivity contribution in [1.29, 1.82) is 0 Å².